The minimum atomic E-state index is -0.569. The number of benzene rings is 4. The maximum Gasteiger partial charge on any atom is 0.343 e. The number of esters is 9. The molecule has 101 heavy (non-hydrogen) atoms. The van der Waals surface area contributed by atoms with E-state index in [2.05, 4.69) is 0 Å². The van der Waals surface area contributed by atoms with Gasteiger partial charge in [-0.2, -0.15) is 0 Å². The SMILES string of the molecule is O=C(CCC(=O)OCCCOC(=O)C1=CC=C(OCCCOC(=O)CCC(=O)OCCCCCCOC(=O)C2C=CC(c3ccc(OC(=O)c4ccc(OCCCCCCO)cc4)cc3)CC2)CC1)OCCCCCCOC(=O)c1ccc([C@@H]2C=CC(OC(=O)c3ccc(O)cc3)=CC2)cc1. The first-order chi connectivity index (χ1) is 49.2. The Morgan fingerprint density at radius 2 is 0.851 bits per heavy atom. The zero-order valence-corrected chi connectivity index (χ0v) is 57.4. The van der Waals surface area contributed by atoms with Crippen molar-refractivity contribution in [3.63, 3.8) is 0 Å². The van der Waals surface area contributed by atoms with Gasteiger partial charge in [-0.1, -0.05) is 48.9 Å². The molecule has 22 nitrogen and oxygen atoms in total. The van der Waals surface area contributed by atoms with Crippen LogP contribution in [0.25, 0.3) is 0 Å². The molecule has 0 saturated carbocycles. The first kappa shape index (κ1) is 78.5. The van der Waals surface area contributed by atoms with Crippen molar-refractivity contribution < 1.29 is 105 Å². The number of rotatable bonds is 45. The zero-order chi connectivity index (χ0) is 71.7. The minimum absolute atomic E-state index is 0.0110. The number of aromatic hydroxyl groups is 1. The number of allylic oxidation sites excluding steroid dienone is 7. The lowest BCUT2D eigenvalue weighted by atomic mass is 9.84. The highest BCUT2D eigenvalue weighted by Gasteiger charge is 2.25. The molecule has 0 heterocycles. The van der Waals surface area contributed by atoms with Gasteiger partial charge < -0.3 is 62.3 Å². The van der Waals surface area contributed by atoms with E-state index in [1.807, 2.05) is 48.6 Å². The first-order valence-corrected chi connectivity index (χ1v) is 35.2. The van der Waals surface area contributed by atoms with Crippen molar-refractivity contribution in [2.24, 2.45) is 5.92 Å². The maximum absolute atomic E-state index is 12.8. The number of hydrogen-bond acceptors (Lipinski definition) is 22. The minimum Gasteiger partial charge on any atom is -0.508 e. The molecular weight excluding hydrogens is 1300 g/mol. The van der Waals surface area contributed by atoms with Gasteiger partial charge in [-0.15, -0.1) is 0 Å². The van der Waals surface area contributed by atoms with E-state index in [-0.39, 0.29) is 114 Å². The number of phenolic OH excluding ortho intramolecular Hbond substituents is 1. The maximum atomic E-state index is 12.8. The number of carbonyl (C=O) groups excluding carboxylic acids is 9. The van der Waals surface area contributed by atoms with E-state index in [9.17, 15) is 48.3 Å². The molecule has 3 atom stereocenters. The summed E-state index contributed by atoms with van der Waals surface area (Å²) in [6.45, 7) is 2.18. The zero-order valence-electron chi connectivity index (χ0n) is 57.4. The molecule has 0 radical (unpaired) electrons. The Morgan fingerprint density at radius 3 is 1.41 bits per heavy atom. The Bertz CT molecular complexity index is 3450. The van der Waals surface area contributed by atoms with Gasteiger partial charge in [-0.25, -0.2) is 19.2 Å². The van der Waals surface area contributed by atoms with Crippen molar-refractivity contribution in [2.45, 2.75) is 160 Å². The molecule has 22 heteroatoms. The average Bonchev–Trinajstić information content (AvgIpc) is 0.890. The molecule has 0 saturated heterocycles. The highest BCUT2D eigenvalue weighted by molar-refractivity contribution is 5.92. The van der Waals surface area contributed by atoms with Gasteiger partial charge in [0, 0.05) is 43.3 Å². The Kier molecular flexibility index (Phi) is 35.0. The van der Waals surface area contributed by atoms with Gasteiger partial charge in [0.25, 0.3) is 0 Å². The molecule has 3 aliphatic carbocycles. The fraction of sp³-hybridized carbons (Fsp3) is 0.456. The summed E-state index contributed by atoms with van der Waals surface area (Å²) >= 11 is 0. The molecule has 0 amide bonds. The van der Waals surface area contributed by atoms with Gasteiger partial charge in [0.2, 0.25) is 0 Å². The summed E-state index contributed by atoms with van der Waals surface area (Å²) in [5.74, 6) is -2.09. The van der Waals surface area contributed by atoms with Gasteiger partial charge in [0.1, 0.15) is 23.0 Å². The molecule has 4 aromatic carbocycles. The van der Waals surface area contributed by atoms with Crippen LogP contribution in [0, 0.1) is 5.92 Å². The number of ether oxygens (including phenoxy) is 11. The highest BCUT2D eigenvalue weighted by atomic mass is 16.6. The smallest absolute Gasteiger partial charge is 0.343 e. The number of unbranched alkanes of at least 4 members (excludes halogenated alkanes) is 9. The molecule has 4 aromatic rings. The van der Waals surface area contributed by atoms with Gasteiger partial charge in [-0.05, 0) is 205 Å². The Balaban J connectivity index is 0.599. The second kappa shape index (κ2) is 45.0. The normalized spacial score (nSPS) is 15.3. The predicted molar refractivity (Wildman–Crippen MR) is 370 cm³/mol. The molecule has 3 aliphatic rings. The van der Waals surface area contributed by atoms with Gasteiger partial charge in [-0.3, -0.25) is 24.0 Å². The Labute approximate surface area is 590 Å². The van der Waals surface area contributed by atoms with E-state index >= 15 is 0 Å². The molecule has 0 bridgehead atoms. The Morgan fingerprint density at radius 1 is 0.386 bits per heavy atom. The van der Waals surface area contributed by atoms with Gasteiger partial charge in [0.15, 0.2) is 0 Å². The average molecular weight is 1400 g/mol. The van der Waals surface area contributed by atoms with Crippen LogP contribution in [0.4, 0.5) is 0 Å². The highest BCUT2D eigenvalue weighted by Crippen LogP contribution is 2.33. The van der Waals surface area contributed by atoms with E-state index in [0.29, 0.717) is 116 Å². The summed E-state index contributed by atoms with van der Waals surface area (Å²) in [6, 6.07) is 27.3. The summed E-state index contributed by atoms with van der Waals surface area (Å²) in [4.78, 5) is 112. The largest absolute Gasteiger partial charge is 0.508 e. The first-order valence-electron chi connectivity index (χ1n) is 35.2. The van der Waals surface area contributed by atoms with E-state index in [4.69, 9.17) is 57.2 Å². The van der Waals surface area contributed by atoms with Crippen molar-refractivity contribution in [1.82, 2.24) is 0 Å². The van der Waals surface area contributed by atoms with Crippen molar-refractivity contribution in [3.05, 3.63) is 185 Å². The van der Waals surface area contributed by atoms with Gasteiger partial charge in [0.05, 0.1) is 114 Å². The molecule has 2 unspecified atom stereocenters. The molecule has 7 rings (SSSR count). The molecule has 2 N–H and O–H groups in total. The standard InChI is InChI=1S/C79H94O22/c80-47-7-1-2-8-48-91-67-37-31-65(32-38-67)79(90)101-70-41-27-60(28-42-70)58-17-21-62(22-18-58)76(87)98-51-11-5-3-9-49-93-71(82)43-45-73(84)95-54-13-53-92-68-35-29-63(30-36-68)77(88)99-56-14-55-96-74(85)46-44-72(83)94-50-10-4-6-12-52-97-75(86)61-19-15-57(16-20-61)59-25-39-69(40-26-59)100-78(89)64-23-33-66(81)34-24-64/h15-17,19-21,23-25,27-29,31-35,37-42,58-59,62,80-81H,1-14,18,22,26,30,36,43-56H2/t58?,59-,62?/m1/s1. The van der Waals surface area contributed by atoms with E-state index in [1.54, 1.807) is 66.8 Å². The van der Waals surface area contributed by atoms with Crippen molar-refractivity contribution in [1.29, 1.82) is 0 Å². The van der Waals surface area contributed by atoms with E-state index in [0.717, 1.165) is 68.9 Å². The predicted octanol–water partition coefficient (Wildman–Crippen LogP) is 13.6. The molecular formula is C79H94O22. The lowest BCUT2D eigenvalue weighted by Gasteiger charge is -2.22. The monoisotopic (exact) mass is 1390 g/mol. The fourth-order valence-electron chi connectivity index (χ4n) is 10.8. The van der Waals surface area contributed by atoms with Crippen LogP contribution >= 0.6 is 0 Å². The topological polar surface area (TPSA) is 296 Å². The number of hydrogen-bond donors (Lipinski definition) is 2. The number of carbonyl (C=O) groups is 9. The van der Waals surface area contributed by atoms with Crippen molar-refractivity contribution in [3.8, 4) is 17.2 Å². The van der Waals surface area contributed by atoms with Crippen LogP contribution in [0.1, 0.15) is 202 Å². The number of aliphatic hydroxyl groups excluding tert-OH is 1. The number of aliphatic hydroxyl groups is 1. The fourth-order valence-corrected chi connectivity index (χ4v) is 10.8. The molecule has 0 aliphatic heterocycles. The Hall–Kier alpha value is -9.83. The third kappa shape index (κ3) is 30.3. The van der Waals surface area contributed by atoms with Crippen LogP contribution in [-0.4, -0.2) is 130 Å². The van der Waals surface area contributed by atoms with Crippen molar-refractivity contribution >= 4 is 53.7 Å². The molecule has 0 aromatic heterocycles. The molecule has 0 fully saturated rings. The summed E-state index contributed by atoms with van der Waals surface area (Å²) in [7, 11) is 0. The number of phenols is 1. The summed E-state index contributed by atoms with van der Waals surface area (Å²) in [6.07, 6.45) is 25.2. The molecule has 542 valence electrons. The van der Waals surface area contributed by atoms with Crippen LogP contribution in [0.15, 0.2) is 157 Å². The lowest BCUT2D eigenvalue weighted by molar-refractivity contribution is -0.151. The molecule has 0 spiro atoms. The third-order valence-electron chi connectivity index (χ3n) is 16.7. The van der Waals surface area contributed by atoms with Crippen molar-refractivity contribution in [2.75, 3.05) is 66.1 Å². The lowest BCUT2D eigenvalue weighted by Crippen LogP contribution is -2.20. The second-order valence-electron chi connectivity index (χ2n) is 24.5. The quantitative estimate of drug-likeness (QED) is 0.0137. The van der Waals surface area contributed by atoms with Crippen LogP contribution in [0.5, 0.6) is 17.2 Å². The van der Waals surface area contributed by atoms with Gasteiger partial charge >= 0.3 is 53.7 Å². The second-order valence-corrected chi connectivity index (χ2v) is 24.5. The summed E-state index contributed by atoms with van der Waals surface area (Å²) in [5.41, 5.74) is 3.70. The van der Waals surface area contributed by atoms with Crippen LogP contribution in [-0.2, 0) is 71.4 Å². The van der Waals surface area contributed by atoms with Crippen LogP contribution in [0.2, 0.25) is 0 Å². The van der Waals surface area contributed by atoms with E-state index < -0.39 is 47.8 Å². The van der Waals surface area contributed by atoms with Crippen LogP contribution < -0.4 is 9.47 Å². The third-order valence-corrected chi connectivity index (χ3v) is 16.7. The summed E-state index contributed by atoms with van der Waals surface area (Å²) in [5, 5.41) is 18.3. The summed E-state index contributed by atoms with van der Waals surface area (Å²) < 4.78 is 59.8. The van der Waals surface area contributed by atoms with Crippen LogP contribution in [0.3, 0.4) is 0 Å². The van der Waals surface area contributed by atoms with E-state index in [1.165, 1.54) is 24.3 Å².